The van der Waals surface area contributed by atoms with Crippen molar-refractivity contribution in [3.8, 4) is 5.75 Å². The molecule has 0 aliphatic carbocycles. The maximum atomic E-state index is 11.3. The fourth-order valence-corrected chi connectivity index (χ4v) is 2.09. The summed E-state index contributed by atoms with van der Waals surface area (Å²) in [7, 11) is 0. The van der Waals surface area contributed by atoms with Crippen LogP contribution in [0.5, 0.6) is 5.75 Å². The Kier molecular flexibility index (Phi) is 6.99. The van der Waals surface area contributed by atoms with Crippen molar-refractivity contribution >= 4 is 29.2 Å². The summed E-state index contributed by atoms with van der Waals surface area (Å²) in [5.74, 6) is 0.0305. The van der Waals surface area contributed by atoms with Gasteiger partial charge in [0.1, 0.15) is 5.75 Å². The van der Waals surface area contributed by atoms with Crippen LogP contribution in [-0.4, -0.2) is 25.7 Å². The third-order valence-corrected chi connectivity index (χ3v) is 2.79. The number of hydrogen-bond donors (Lipinski definition) is 1. The molecule has 0 saturated heterocycles. The van der Waals surface area contributed by atoms with Gasteiger partial charge in [-0.3, -0.25) is 0 Å². The van der Waals surface area contributed by atoms with Crippen molar-refractivity contribution in [1.29, 1.82) is 0 Å². The third-order valence-electron chi connectivity index (χ3n) is 2.29. The Morgan fingerprint density at radius 2 is 2.05 bits per heavy atom. The molecule has 0 aromatic heterocycles. The molecule has 0 saturated carbocycles. The molecule has 0 radical (unpaired) electrons. The van der Waals surface area contributed by atoms with Crippen molar-refractivity contribution in [2.24, 2.45) is 0 Å². The Labute approximate surface area is 123 Å². The number of hydrogen-bond acceptors (Lipinski definition) is 4. The first-order valence-electron chi connectivity index (χ1n) is 6.05. The summed E-state index contributed by atoms with van der Waals surface area (Å²) in [5.41, 5.74) is 0.809. The molecule has 1 N–H and O–H groups in total. The van der Waals surface area contributed by atoms with Crippen molar-refractivity contribution in [1.82, 2.24) is 5.32 Å². The second-order valence-corrected chi connectivity index (χ2v) is 4.59. The maximum Gasteiger partial charge on any atom is 0.344 e. The third kappa shape index (κ3) is 5.27. The predicted molar refractivity (Wildman–Crippen MR) is 76.0 cm³/mol. The zero-order valence-electron chi connectivity index (χ0n) is 11.0. The van der Waals surface area contributed by atoms with Crippen LogP contribution < -0.4 is 10.1 Å². The molecule has 1 rings (SSSR count). The second kappa shape index (κ2) is 8.25. The number of rotatable bonds is 7. The van der Waals surface area contributed by atoms with Crippen LogP contribution in [0.1, 0.15) is 19.4 Å². The van der Waals surface area contributed by atoms with E-state index in [0.29, 0.717) is 28.9 Å². The molecule has 1 aromatic rings. The summed E-state index contributed by atoms with van der Waals surface area (Å²) < 4.78 is 10.2. The number of halogens is 2. The van der Waals surface area contributed by atoms with Gasteiger partial charge in [0.05, 0.1) is 11.6 Å². The lowest BCUT2D eigenvalue weighted by atomic mass is 10.2. The number of nitrogens with one attached hydrogen (secondary N) is 1. The monoisotopic (exact) mass is 305 g/mol. The fraction of sp³-hybridized carbons (Fsp3) is 0.462. The minimum Gasteiger partial charge on any atom is -0.480 e. The Bertz CT molecular complexity index is 438. The zero-order chi connectivity index (χ0) is 14.3. The first-order valence-corrected chi connectivity index (χ1v) is 6.81. The number of esters is 1. The average molecular weight is 306 g/mol. The first-order chi connectivity index (χ1) is 9.08. The molecule has 0 bridgehead atoms. The van der Waals surface area contributed by atoms with E-state index in [1.54, 1.807) is 19.1 Å². The van der Waals surface area contributed by atoms with Gasteiger partial charge in [-0.05, 0) is 25.6 Å². The normalized spacial score (nSPS) is 10.3. The number of ether oxygens (including phenoxy) is 2. The second-order valence-electron chi connectivity index (χ2n) is 3.75. The zero-order valence-corrected chi connectivity index (χ0v) is 12.5. The lowest BCUT2D eigenvalue weighted by molar-refractivity contribution is -0.145. The topological polar surface area (TPSA) is 47.6 Å². The van der Waals surface area contributed by atoms with E-state index in [9.17, 15) is 4.79 Å². The van der Waals surface area contributed by atoms with E-state index in [1.807, 2.05) is 6.92 Å². The van der Waals surface area contributed by atoms with Crippen molar-refractivity contribution in [2.75, 3.05) is 19.8 Å². The van der Waals surface area contributed by atoms with Crippen LogP contribution in [-0.2, 0) is 16.1 Å². The Balaban J connectivity index is 2.81. The van der Waals surface area contributed by atoms with Crippen LogP contribution in [0.25, 0.3) is 0 Å². The van der Waals surface area contributed by atoms with Gasteiger partial charge in [-0.1, -0.05) is 30.1 Å². The molecule has 0 spiro atoms. The summed E-state index contributed by atoms with van der Waals surface area (Å²) in [6.07, 6.45) is 0. The van der Waals surface area contributed by atoms with E-state index in [1.165, 1.54) is 0 Å². The van der Waals surface area contributed by atoms with Gasteiger partial charge >= 0.3 is 5.97 Å². The lowest BCUT2D eigenvalue weighted by Crippen LogP contribution is -2.17. The minimum atomic E-state index is -0.428. The highest BCUT2D eigenvalue weighted by atomic mass is 35.5. The molecule has 0 aliphatic heterocycles. The van der Waals surface area contributed by atoms with Crippen LogP contribution in [0.3, 0.4) is 0 Å². The van der Waals surface area contributed by atoms with Crippen LogP contribution in [0.4, 0.5) is 0 Å². The Morgan fingerprint density at radius 1 is 1.32 bits per heavy atom. The van der Waals surface area contributed by atoms with Gasteiger partial charge in [0, 0.05) is 17.1 Å². The van der Waals surface area contributed by atoms with Crippen LogP contribution in [0, 0.1) is 0 Å². The summed E-state index contributed by atoms with van der Waals surface area (Å²) in [6, 6.07) is 3.34. The lowest BCUT2D eigenvalue weighted by Gasteiger charge is -2.13. The molecule has 1 aromatic carbocycles. The van der Waals surface area contributed by atoms with Gasteiger partial charge in [0.2, 0.25) is 0 Å². The molecule has 106 valence electrons. The van der Waals surface area contributed by atoms with E-state index in [-0.39, 0.29) is 6.61 Å². The van der Waals surface area contributed by atoms with Crippen molar-refractivity contribution < 1.29 is 14.3 Å². The molecule has 4 nitrogen and oxygen atoms in total. The largest absolute Gasteiger partial charge is 0.480 e. The maximum absolute atomic E-state index is 11.3. The predicted octanol–water partition coefficient (Wildman–Crippen LogP) is 3.04. The van der Waals surface area contributed by atoms with Crippen molar-refractivity contribution in [2.45, 2.75) is 20.4 Å². The standard InChI is InChI=1S/C13H17Cl2NO3/c1-3-16-7-9-5-10(14)6-11(15)13(9)19-8-12(17)18-4-2/h5-6,16H,3-4,7-8H2,1-2H3. The Hall–Kier alpha value is -0.970. The first kappa shape index (κ1) is 16.1. The van der Waals surface area contributed by atoms with Gasteiger partial charge in [-0.15, -0.1) is 0 Å². The van der Waals surface area contributed by atoms with Gasteiger partial charge in [-0.2, -0.15) is 0 Å². The molecule has 6 heteroatoms. The number of carbonyl (C=O) groups is 1. The van der Waals surface area contributed by atoms with Crippen LogP contribution >= 0.6 is 23.2 Å². The highest BCUT2D eigenvalue weighted by molar-refractivity contribution is 6.35. The van der Waals surface area contributed by atoms with Crippen LogP contribution in [0.2, 0.25) is 10.0 Å². The van der Waals surface area contributed by atoms with Gasteiger partial charge in [0.25, 0.3) is 0 Å². The SMILES string of the molecule is CCNCc1cc(Cl)cc(Cl)c1OCC(=O)OCC. The van der Waals surface area contributed by atoms with Crippen molar-refractivity contribution in [3.05, 3.63) is 27.7 Å². The van der Waals surface area contributed by atoms with Gasteiger partial charge in [0.15, 0.2) is 6.61 Å². The molecular weight excluding hydrogens is 289 g/mol. The number of benzene rings is 1. The average Bonchev–Trinajstić information content (AvgIpc) is 2.35. The molecule has 19 heavy (non-hydrogen) atoms. The molecule has 0 fully saturated rings. The summed E-state index contributed by atoms with van der Waals surface area (Å²) in [6.45, 7) is 5.25. The molecule has 0 amide bonds. The van der Waals surface area contributed by atoms with E-state index in [2.05, 4.69) is 5.32 Å². The van der Waals surface area contributed by atoms with Gasteiger partial charge in [-0.25, -0.2) is 4.79 Å². The highest BCUT2D eigenvalue weighted by Crippen LogP contribution is 2.32. The van der Waals surface area contributed by atoms with E-state index in [4.69, 9.17) is 32.7 Å². The highest BCUT2D eigenvalue weighted by Gasteiger charge is 2.12. The van der Waals surface area contributed by atoms with E-state index >= 15 is 0 Å². The minimum absolute atomic E-state index is 0.172. The summed E-state index contributed by atoms with van der Waals surface area (Å²) >= 11 is 12.0. The van der Waals surface area contributed by atoms with Crippen LogP contribution in [0.15, 0.2) is 12.1 Å². The number of carbonyl (C=O) groups excluding carboxylic acids is 1. The molecule has 0 heterocycles. The van der Waals surface area contributed by atoms with E-state index in [0.717, 1.165) is 12.1 Å². The molecule has 0 atom stereocenters. The summed E-state index contributed by atoms with van der Waals surface area (Å²) in [4.78, 5) is 11.3. The molecule has 0 unspecified atom stereocenters. The van der Waals surface area contributed by atoms with Gasteiger partial charge < -0.3 is 14.8 Å². The van der Waals surface area contributed by atoms with E-state index < -0.39 is 5.97 Å². The summed E-state index contributed by atoms with van der Waals surface area (Å²) in [5, 5.41) is 4.07. The Morgan fingerprint density at radius 3 is 2.68 bits per heavy atom. The smallest absolute Gasteiger partial charge is 0.344 e. The fourth-order valence-electron chi connectivity index (χ4n) is 1.50. The molecule has 0 aliphatic rings. The van der Waals surface area contributed by atoms with Crippen molar-refractivity contribution in [3.63, 3.8) is 0 Å². The molecular formula is C13H17Cl2NO3. The quantitative estimate of drug-likeness (QED) is 0.787.